The molecule has 0 spiro atoms. The maximum absolute atomic E-state index is 13.1. The molecule has 2 amide bonds. The first-order chi connectivity index (χ1) is 19.0. The summed E-state index contributed by atoms with van der Waals surface area (Å²) in [5, 5.41) is 3.53. The van der Waals surface area contributed by atoms with Crippen molar-refractivity contribution in [2.75, 3.05) is 13.2 Å². The molecule has 0 fully saturated rings. The predicted molar refractivity (Wildman–Crippen MR) is 157 cm³/mol. The van der Waals surface area contributed by atoms with Crippen LogP contribution in [0.1, 0.15) is 47.1 Å². The van der Waals surface area contributed by atoms with Crippen LogP contribution >= 0.6 is 11.6 Å². The fourth-order valence-corrected chi connectivity index (χ4v) is 6.03. The number of nitrogens with one attached hydrogen (secondary N) is 2. The highest BCUT2D eigenvalue weighted by molar-refractivity contribution is 7.90. The first-order valence-electron chi connectivity index (χ1n) is 13.2. The quantitative estimate of drug-likeness (QED) is 0.294. The standard InChI is InChI=1S/C31H33ClN2O5S/c1-20-8-6-10-25(16-20)40(37,38)34-29(35)13-14-33-31(36)28-19-23-9-4-5-11-26(23)27(28)12-7-15-39-24-17-21(2)30(32)22(3)18-24/h4-6,8-11,16-18H,7,12-15,19H2,1-3H3,(H,33,36)(H,34,35). The van der Waals surface area contributed by atoms with Gasteiger partial charge in [0, 0.05) is 30.0 Å². The van der Waals surface area contributed by atoms with E-state index in [2.05, 4.69) is 10.0 Å². The molecular formula is C31H33ClN2O5S. The fraction of sp³-hybridized carbons (Fsp3) is 0.290. The Morgan fingerprint density at radius 2 is 1.70 bits per heavy atom. The fourth-order valence-electron chi connectivity index (χ4n) is 4.80. The SMILES string of the molecule is Cc1cccc(S(=O)(=O)NC(=O)CCNC(=O)C2=C(CCCOc3cc(C)c(Cl)c(C)c3)c3ccccc3C2)c1. The number of halogens is 1. The van der Waals surface area contributed by atoms with E-state index in [4.69, 9.17) is 16.3 Å². The highest BCUT2D eigenvalue weighted by atomic mass is 35.5. The molecule has 210 valence electrons. The van der Waals surface area contributed by atoms with Crippen LogP contribution in [0.4, 0.5) is 0 Å². The van der Waals surface area contributed by atoms with Crippen molar-refractivity contribution < 1.29 is 22.7 Å². The van der Waals surface area contributed by atoms with Crippen LogP contribution in [0.5, 0.6) is 5.75 Å². The molecule has 7 nitrogen and oxygen atoms in total. The molecule has 0 aliphatic heterocycles. The van der Waals surface area contributed by atoms with Crippen LogP contribution in [-0.4, -0.2) is 33.4 Å². The van der Waals surface area contributed by atoms with Gasteiger partial charge in [-0.15, -0.1) is 0 Å². The number of rotatable bonds is 11. The highest BCUT2D eigenvalue weighted by Crippen LogP contribution is 2.36. The van der Waals surface area contributed by atoms with Gasteiger partial charge in [0.15, 0.2) is 0 Å². The third-order valence-corrected chi connectivity index (χ3v) is 8.75. The normalized spacial score (nSPS) is 12.7. The zero-order valence-corrected chi connectivity index (χ0v) is 24.4. The van der Waals surface area contributed by atoms with Crippen LogP contribution in [-0.2, 0) is 26.0 Å². The van der Waals surface area contributed by atoms with Crippen molar-refractivity contribution in [1.29, 1.82) is 0 Å². The van der Waals surface area contributed by atoms with Crippen molar-refractivity contribution in [3.05, 3.63) is 99.1 Å². The molecule has 1 aliphatic carbocycles. The summed E-state index contributed by atoms with van der Waals surface area (Å²) in [7, 11) is -3.97. The van der Waals surface area contributed by atoms with Crippen molar-refractivity contribution in [2.45, 2.75) is 51.3 Å². The summed E-state index contributed by atoms with van der Waals surface area (Å²) in [6, 6.07) is 18.1. The summed E-state index contributed by atoms with van der Waals surface area (Å²) in [6.07, 6.45) is 1.70. The molecule has 1 aliphatic rings. The van der Waals surface area contributed by atoms with E-state index in [0.29, 0.717) is 31.4 Å². The summed E-state index contributed by atoms with van der Waals surface area (Å²) >= 11 is 6.25. The lowest BCUT2D eigenvalue weighted by Gasteiger charge is -2.12. The summed E-state index contributed by atoms with van der Waals surface area (Å²) in [5.74, 6) is -0.179. The van der Waals surface area contributed by atoms with Crippen molar-refractivity contribution in [3.63, 3.8) is 0 Å². The number of allylic oxidation sites excluding steroid dienone is 1. The minimum Gasteiger partial charge on any atom is -0.494 e. The van der Waals surface area contributed by atoms with Gasteiger partial charge in [0.05, 0.1) is 11.5 Å². The molecule has 2 N–H and O–H groups in total. The van der Waals surface area contributed by atoms with Gasteiger partial charge < -0.3 is 10.1 Å². The van der Waals surface area contributed by atoms with Crippen LogP contribution in [0.3, 0.4) is 0 Å². The third-order valence-electron chi connectivity index (χ3n) is 6.78. The van der Waals surface area contributed by atoms with Crippen molar-refractivity contribution in [3.8, 4) is 5.75 Å². The minimum absolute atomic E-state index is 0.0134. The van der Waals surface area contributed by atoms with E-state index in [1.54, 1.807) is 19.1 Å². The Labute approximate surface area is 240 Å². The number of hydrogen-bond acceptors (Lipinski definition) is 5. The van der Waals surface area contributed by atoms with Crippen molar-refractivity contribution in [2.24, 2.45) is 0 Å². The molecule has 0 atom stereocenters. The molecule has 0 bridgehead atoms. The molecular weight excluding hydrogens is 548 g/mol. The number of ether oxygens (including phenoxy) is 1. The highest BCUT2D eigenvalue weighted by Gasteiger charge is 2.26. The second kappa shape index (κ2) is 12.7. The maximum atomic E-state index is 13.1. The summed E-state index contributed by atoms with van der Waals surface area (Å²) < 4.78 is 33.0. The number of aryl methyl sites for hydroxylation is 3. The number of fused-ring (bicyclic) bond motifs is 1. The molecule has 9 heteroatoms. The largest absolute Gasteiger partial charge is 0.494 e. The molecule has 0 aromatic heterocycles. The Morgan fingerprint density at radius 3 is 2.42 bits per heavy atom. The first-order valence-corrected chi connectivity index (χ1v) is 15.0. The zero-order chi connectivity index (χ0) is 28.9. The van der Waals surface area contributed by atoms with Gasteiger partial charge in [-0.3, -0.25) is 9.59 Å². The van der Waals surface area contributed by atoms with E-state index in [1.165, 1.54) is 12.1 Å². The van der Waals surface area contributed by atoms with Crippen LogP contribution in [0.15, 0.2) is 71.1 Å². The zero-order valence-electron chi connectivity index (χ0n) is 22.8. The molecule has 3 aromatic carbocycles. The molecule has 0 heterocycles. The van der Waals surface area contributed by atoms with Crippen molar-refractivity contribution in [1.82, 2.24) is 10.0 Å². The number of benzene rings is 3. The Balaban J connectivity index is 1.34. The van der Waals surface area contributed by atoms with E-state index < -0.39 is 15.9 Å². The second-order valence-electron chi connectivity index (χ2n) is 9.97. The molecule has 0 radical (unpaired) electrons. The number of amides is 2. The van der Waals surface area contributed by atoms with Gasteiger partial charge in [-0.2, -0.15) is 0 Å². The van der Waals surface area contributed by atoms with Gasteiger partial charge in [-0.25, -0.2) is 13.1 Å². The van der Waals surface area contributed by atoms with Gasteiger partial charge in [-0.1, -0.05) is 48.0 Å². The lowest BCUT2D eigenvalue weighted by Crippen LogP contribution is -2.34. The van der Waals surface area contributed by atoms with E-state index in [0.717, 1.165) is 44.2 Å². The Morgan fingerprint density at radius 1 is 0.975 bits per heavy atom. The third kappa shape index (κ3) is 7.11. The van der Waals surface area contributed by atoms with E-state index in [-0.39, 0.29) is 23.8 Å². The Kier molecular flexibility index (Phi) is 9.32. The average Bonchev–Trinajstić information content (AvgIpc) is 3.28. The van der Waals surface area contributed by atoms with E-state index in [9.17, 15) is 18.0 Å². The number of hydrogen-bond donors (Lipinski definition) is 2. The average molecular weight is 581 g/mol. The van der Waals surface area contributed by atoms with E-state index in [1.807, 2.05) is 50.2 Å². The second-order valence-corrected chi connectivity index (χ2v) is 12.0. The van der Waals surface area contributed by atoms with Gasteiger partial charge in [0.25, 0.3) is 10.0 Å². The van der Waals surface area contributed by atoms with Gasteiger partial charge >= 0.3 is 0 Å². The number of sulfonamides is 1. The smallest absolute Gasteiger partial charge is 0.264 e. The Hall–Kier alpha value is -3.62. The molecule has 0 saturated carbocycles. The summed E-state index contributed by atoms with van der Waals surface area (Å²) in [4.78, 5) is 25.5. The Bertz CT molecular complexity index is 1560. The van der Waals surface area contributed by atoms with Gasteiger partial charge in [0.1, 0.15) is 5.75 Å². The molecule has 0 saturated heterocycles. The maximum Gasteiger partial charge on any atom is 0.264 e. The van der Waals surface area contributed by atoms with Crippen LogP contribution in [0.2, 0.25) is 5.02 Å². The molecule has 0 unspecified atom stereocenters. The summed E-state index contributed by atoms with van der Waals surface area (Å²) in [6.45, 7) is 6.16. The van der Waals surface area contributed by atoms with Crippen LogP contribution in [0, 0.1) is 20.8 Å². The first kappa shape index (κ1) is 29.4. The van der Waals surface area contributed by atoms with Crippen LogP contribution in [0.25, 0.3) is 5.57 Å². The monoisotopic (exact) mass is 580 g/mol. The summed E-state index contributed by atoms with van der Waals surface area (Å²) in [5.41, 5.74) is 6.45. The van der Waals surface area contributed by atoms with Crippen LogP contribution < -0.4 is 14.8 Å². The van der Waals surface area contributed by atoms with Gasteiger partial charge in [0.2, 0.25) is 11.8 Å². The van der Waals surface area contributed by atoms with Crippen molar-refractivity contribution >= 4 is 39.0 Å². The lowest BCUT2D eigenvalue weighted by molar-refractivity contribution is -0.119. The van der Waals surface area contributed by atoms with Gasteiger partial charge in [-0.05, 0) is 91.3 Å². The number of carbonyl (C=O) groups excluding carboxylic acids is 2. The number of carbonyl (C=O) groups is 2. The molecule has 3 aromatic rings. The molecule has 40 heavy (non-hydrogen) atoms. The molecule has 4 rings (SSSR count). The topological polar surface area (TPSA) is 102 Å². The minimum atomic E-state index is -3.97. The van der Waals surface area contributed by atoms with E-state index >= 15 is 0 Å². The lowest BCUT2D eigenvalue weighted by atomic mass is 10.0. The predicted octanol–water partition coefficient (Wildman–Crippen LogP) is 5.45.